The normalized spacial score (nSPS) is 13.1. The number of amides is 2. The predicted octanol–water partition coefficient (Wildman–Crippen LogP) is 2.25. The monoisotopic (exact) mass is 326 g/mol. The van der Waals surface area contributed by atoms with Gasteiger partial charge in [0, 0.05) is 19.3 Å². The molecule has 2 aromatic rings. The van der Waals surface area contributed by atoms with E-state index in [4.69, 9.17) is 0 Å². The van der Waals surface area contributed by atoms with Crippen LogP contribution in [0.25, 0.3) is 0 Å². The molecule has 24 heavy (non-hydrogen) atoms. The first kappa shape index (κ1) is 16.2. The molecule has 0 saturated carbocycles. The van der Waals surface area contributed by atoms with Crippen LogP contribution in [-0.4, -0.2) is 25.4 Å². The highest BCUT2D eigenvalue weighted by molar-refractivity contribution is 6.01. The number of anilines is 1. The summed E-state index contributed by atoms with van der Waals surface area (Å²) in [5, 5.41) is 2.81. The fourth-order valence-electron chi connectivity index (χ4n) is 2.92. The van der Waals surface area contributed by atoms with Crippen molar-refractivity contribution in [1.29, 1.82) is 0 Å². The van der Waals surface area contributed by atoms with Crippen LogP contribution in [0.3, 0.4) is 0 Å². The molecule has 0 aromatic heterocycles. The molecule has 0 spiro atoms. The molecule has 0 bridgehead atoms. The minimum Gasteiger partial charge on any atom is -0.355 e. The lowest BCUT2D eigenvalue weighted by Gasteiger charge is -2.11. The summed E-state index contributed by atoms with van der Waals surface area (Å²) in [6.07, 6.45) is 1.10. The number of likely N-dealkylation sites (N-methyl/N-ethyl adjacent to an activating group) is 1. The van der Waals surface area contributed by atoms with Crippen molar-refractivity contribution in [2.45, 2.75) is 19.3 Å². The third-order valence-electron chi connectivity index (χ3n) is 4.26. The molecule has 0 atom stereocenters. The quantitative estimate of drug-likeness (QED) is 0.916. The number of nitrogens with zero attached hydrogens (tertiary/aromatic N) is 1. The van der Waals surface area contributed by atoms with Crippen LogP contribution in [0.15, 0.2) is 42.5 Å². The van der Waals surface area contributed by atoms with Crippen molar-refractivity contribution in [3.05, 3.63) is 65.0 Å². The van der Waals surface area contributed by atoms with E-state index in [-0.39, 0.29) is 24.1 Å². The summed E-state index contributed by atoms with van der Waals surface area (Å²) in [5.41, 5.74) is 3.33. The van der Waals surface area contributed by atoms with Gasteiger partial charge in [-0.15, -0.1) is 0 Å². The topological polar surface area (TPSA) is 49.4 Å². The lowest BCUT2D eigenvalue weighted by molar-refractivity contribution is -0.120. The van der Waals surface area contributed by atoms with E-state index in [9.17, 15) is 14.0 Å². The van der Waals surface area contributed by atoms with Gasteiger partial charge in [-0.3, -0.25) is 9.59 Å². The first-order valence-corrected chi connectivity index (χ1v) is 7.93. The maximum absolute atomic E-state index is 13.5. The lowest BCUT2D eigenvalue weighted by Crippen LogP contribution is -2.27. The van der Waals surface area contributed by atoms with Gasteiger partial charge in [-0.05, 0) is 35.2 Å². The van der Waals surface area contributed by atoms with Crippen molar-refractivity contribution in [1.82, 2.24) is 5.32 Å². The Morgan fingerprint density at radius 2 is 2.04 bits per heavy atom. The van der Waals surface area contributed by atoms with Crippen LogP contribution in [0.4, 0.5) is 10.1 Å². The van der Waals surface area contributed by atoms with Crippen LogP contribution < -0.4 is 10.2 Å². The van der Waals surface area contributed by atoms with E-state index in [1.165, 1.54) is 6.07 Å². The van der Waals surface area contributed by atoms with Crippen LogP contribution in [0, 0.1) is 5.82 Å². The van der Waals surface area contributed by atoms with Gasteiger partial charge in [-0.1, -0.05) is 30.3 Å². The molecule has 0 aliphatic carbocycles. The van der Waals surface area contributed by atoms with Crippen molar-refractivity contribution >= 4 is 17.5 Å². The Labute approximate surface area is 140 Å². The van der Waals surface area contributed by atoms with Gasteiger partial charge in [0.05, 0.1) is 12.8 Å². The Morgan fingerprint density at radius 1 is 1.25 bits per heavy atom. The van der Waals surface area contributed by atoms with Crippen molar-refractivity contribution in [2.75, 3.05) is 18.5 Å². The maximum Gasteiger partial charge on any atom is 0.231 e. The van der Waals surface area contributed by atoms with Gasteiger partial charge in [0.2, 0.25) is 11.8 Å². The van der Waals surface area contributed by atoms with Gasteiger partial charge in [0.1, 0.15) is 5.82 Å². The molecule has 0 radical (unpaired) electrons. The smallest absolute Gasteiger partial charge is 0.231 e. The molecule has 1 N–H and O–H groups in total. The summed E-state index contributed by atoms with van der Waals surface area (Å²) in [7, 11) is 1.75. The third kappa shape index (κ3) is 3.45. The largest absolute Gasteiger partial charge is 0.355 e. The van der Waals surface area contributed by atoms with Crippen LogP contribution in [0.2, 0.25) is 0 Å². The second kappa shape index (κ2) is 6.83. The van der Waals surface area contributed by atoms with Crippen LogP contribution in [0.5, 0.6) is 0 Å². The number of fused-ring (bicyclic) bond motifs is 1. The molecule has 1 aliphatic rings. The summed E-state index contributed by atoms with van der Waals surface area (Å²) in [6, 6.07) is 12.2. The highest BCUT2D eigenvalue weighted by Crippen LogP contribution is 2.28. The van der Waals surface area contributed by atoms with Gasteiger partial charge in [-0.2, -0.15) is 0 Å². The van der Waals surface area contributed by atoms with E-state index in [0.717, 1.165) is 16.8 Å². The zero-order chi connectivity index (χ0) is 17.1. The Hall–Kier alpha value is -2.69. The van der Waals surface area contributed by atoms with Crippen LogP contribution >= 0.6 is 0 Å². The lowest BCUT2D eigenvalue weighted by atomic mass is 10.1. The van der Waals surface area contributed by atoms with Gasteiger partial charge in [0.25, 0.3) is 0 Å². The fourth-order valence-corrected chi connectivity index (χ4v) is 2.92. The Balaban J connectivity index is 1.53. The zero-order valence-corrected chi connectivity index (χ0v) is 13.5. The molecule has 0 unspecified atom stereocenters. The summed E-state index contributed by atoms with van der Waals surface area (Å²) in [6.45, 7) is 0.395. The van der Waals surface area contributed by atoms with E-state index in [2.05, 4.69) is 5.32 Å². The number of benzene rings is 2. The number of rotatable bonds is 5. The molecule has 1 heterocycles. The van der Waals surface area contributed by atoms with E-state index >= 15 is 0 Å². The predicted molar refractivity (Wildman–Crippen MR) is 90.4 cm³/mol. The first-order valence-electron chi connectivity index (χ1n) is 7.93. The summed E-state index contributed by atoms with van der Waals surface area (Å²) < 4.78 is 13.5. The molecule has 3 rings (SSSR count). The van der Waals surface area contributed by atoms with Gasteiger partial charge >= 0.3 is 0 Å². The molecular weight excluding hydrogens is 307 g/mol. The Bertz CT molecular complexity index is 789. The van der Waals surface area contributed by atoms with E-state index in [1.54, 1.807) is 30.1 Å². The summed E-state index contributed by atoms with van der Waals surface area (Å²) in [5.74, 6) is -0.292. The SMILES string of the molecule is CN1C(=O)Cc2cc(CC(=O)NCCc3ccccc3F)ccc21. The fraction of sp³-hybridized carbons (Fsp3) is 0.263. The van der Waals surface area contributed by atoms with Gasteiger partial charge in [-0.25, -0.2) is 4.39 Å². The molecule has 4 nitrogen and oxygen atoms in total. The molecule has 1 aliphatic heterocycles. The average molecular weight is 326 g/mol. The highest BCUT2D eigenvalue weighted by atomic mass is 19.1. The standard InChI is InChI=1S/C19H19FN2O2/c1-22-17-7-6-13(10-15(17)12-19(22)24)11-18(23)21-9-8-14-4-2-3-5-16(14)20/h2-7,10H,8-9,11-12H2,1H3,(H,21,23). The van der Waals surface area contributed by atoms with Crippen LogP contribution in [0.1, 0.15) is 16.7 Å². The maximum atomic E-state index is 13.5. The molecule has 5 heteroatoms. The minimum atomic E-state index is -0.251. The van der Waals surface area contributed by atoms with Crippen molar-refractivity contribution < 1.29 is 14.0 Å². The molecule has 0 saturated heterocycles. The molecule has 0 fully saturated rings. The number of carbonyl (C=O) groups excluding carboxylic acids is 2. The number of hydrogen-bond acceptors (Lipinski definition) is 2. The molecule has 2 aromatic carbocycles. The van der Waals surface area contributed by atoms with Gasteiger partial charge in [0.15, 0.2) is 0 Å². The number of halogens is 1. The summed E-state index contributed by atoms with van der Waals surface area (Å²) >= 11 is 0. The Morgan fingerprint density at radius 3 is 2.83 bits per heavy atom. The zero-order valence-electron chi connectivity index (χ0n) is 13.5. The van der Waals surface area contributed by atoms with Crippen molar-refractivity contribution in [3.63, 3.8) is 0 Å². The van der Waals surface area contributed by atoms with E-state index < -0.39 is 0 Å². The first-order chi connectivity index (χ1) is 11.5. The second-order valence-corrected chi connectivity index (χ2v) is 5.96. The molecule has 2 amide bonds. The number of hydrogen-bond donors (Lipinski definition) is 1. The Kier molecular flexibility index (Phi) is 4.60. The van der Waals surface area contributed by atoms with Gasteiger partial charge < -0.3 is 10.2 Å². The second-order valence-electron chi connectivity index (χ2n) is 5.96. The van der Waals surface area contributed by atoms with E-state index in [1.807, 2.05) is 18.2 Å². The molecular formula is C19H19FN2O2. The average Bonchev–Trinajstić information content (AvgIpc) is 2.83. The van der Waals surface area contributed by atoms with Crippen molar-refractivity contribution in [2.24, 2.45) is 0 Å². The number of nitrogens with one attached hydrogen (secondary N) is 1. The molecule has 124 valence electrons. The number of carbonyl (C=O) groups is 2. The van der Waals surface area contributed by atoms with Crippen LogP contribution in [-0.2, 0) is 28.9 Å². The highest BCUT2D eigenvalue weighted by Gasteiger charge is 2.23. The summed E-state index contributed by atoms with van der Waals surface area (Å²) in [4.78, 5) is 25.4. The van der Waals surface area contributed by atoms with Crippen molar-refractivity contribution in [3.8, 4) is 0 Å². The van der Waals surface area contributed by atoms with E-state index in [0.29, 0.717) is 24.9 Å². The minimum absolute atomic E-state index is 0.0662. The third-order valence-corrected chi connectivity index (χ3v) is 4.26.